The van der Waals surface area contributed by atoms with Gasteiger partial charge in [-0.1, -0.05) is 12.1 Å². The molecule has 0 saturated heterocycles. The Balaban J connectivity index is 1.81. The molecule has 0 atom stereocenters. The van der Waals surface area contributed by atoms with Crippen LogP contribution in [0, 0.1) is 0 Å². The second-order valence-corrected chi connectivity index (χ2v) is 6.62. The molecule has 2 aromatic carbocycles. The molecule has 0 radical (unpaired) electrons. The molecule has 3 aromatic heterocycles. The first-order valence-electron chi connectivity index (χ1n) is 8.68. The monoisotopic (exact) mass is 355 g/mol. The number of rotatable bonds is 2. The van der Waals surface area contributed by atoms with Crippen molar-refractivity contribution >= 4 is 21.9 Å². The Hall–Kier alpha value is -3.67. The average molecular weight is 355 g/mol. The number of hydrogen-bond donors (Lipinski definition) is 1. The molecule has 6 nitrogen and oxygen atoms in total. The van der Waals surface area contributed by atoms with Crippen LogP contribution in [-0.4, -0.2) is 24.3 Å². The van der Waals surface area contributed by atoms with Crippen LogP contribution in [0.2, 0.25) is 0 Å². The van der Waals surface area contributed by atoms with Crippen molar-refractivity contribution in [1.82, 2.24) is 24.3 Å². The van der Waals surface area contributed by atoms with Gasteiger partial charge in [0.2, 0.25) is 0 Å². The van der Waals surface area contributed by atoms with E-state index in [1.807, 2.05) is 60.4 Å². The maximum atomic E-state index is 13.0. The summed E-state index contributed by atoms with van der Waals surface area (Å²) in [5, 5.41) is 1.08. The molecule has 1 N–H and O–H groups in total. The standard InChI is InChI=1S/C21H17N5O/c1-25-20(15-4-6-17-18(12-15)24-10-9-23-17)19(21(27)26(25)2)14-3-5-16-13(11-14)7-8-22-16/h3-12,22H,1-2H3. The highest BCUT2D eigenvalue weighted by Crippen LogP contribution is 2.32. The number of benzene rings is 2. The van der Waals surface area contributed by atoms with Gasteiger partial charge in [-0.15, -0.1) is 0 Å². The summed E-state index contributed by atoms with van der Waals surface area (Å²) in [7, 11) is 3.68. The van der Waals surface area contributed by atoms with E-state index in [0.717, 1.165) is 38.8 Å². The predicted molar refractivity (Wildman–Crippen MR) is 106 cm³/mol. The van der Waals surface area contributed by atoms with E-state index in [1.54, 1.807) is 24.1 Å². The van der Waals surface area contributed by atoms with Crippen molar-refractivity contribution < 1.29 is 0 Å². The van der Waals surface area contributed by atoms with E-state index in [2.05, 4.69) is 15.0 Å². The topological polar surface area (TPSA) is 68.5 Å². The lowest BCUT2D eigenvalue weighted by Crippen LogP contribution is -2.17. The molecule has 0 fully saturated rings. The van der Waals surface area contributed by atoms with E-state index in [1.165, 1.54) is 0 Å². The van der Waals surface area contributed by atoms with Gasteiger partial charge in [-0.05, 0) is 41.3 Å². The Morgan fingerprint density at radius 2 is 1.63 bits per heavy atom. The minimum absolute atomic E-state index is 0.0263. The van der Waals surface area contributed by atoms with E-state index >= 15 is 0 Å². The molecule has 132 valence electrons. The Morgan fingerprint density at radius 1 is 0.852 bits per heavy atom. The minimum Gasteiger partial charge on any atom is -0.361 e. The van der Waals surface area contributed by atoms with Gasteiger partial charge in [0.15, 0.2) is 0 Å². The van der Waals surface area contributed by atoms with Crippen LogP contribution in [0.1, 0.15) is 0 Å². The molecule has 0 saturated carbocycles. The van der Waals surface area contributed by atoms with Gasteiger partial charge in [0.25, 0.3) is 5.56 Å². The summed E-state index contributed by atoms with van der Waals surface area (Å²) in [6, 6.07) is 14.0. The van der Waals surface area contributed by atoms with Gasteiger partial charge in [0.1, 0.15) is 0 Å². The summed E-state index contributed by atoms with van der Waals surface area (Å²) < 4.78 is 3.52. The Bertz CT molecular complexity index is 1370. The average Bonchev–Trinajstić information content (AvgIpc) is 3.25. The summed E-state index contributed by atoms with van der Waals surface area (Å²) in [5.41, 5.74) is 6.05. The van der Waals surface area contributed by atoms with Gasteiger partial charge in [0, 0.05) is 43.8 Å². The highest BCUT2D eigenvalue weighted by molar-refractivity contribution is 5.90. The van der Waals surface area contributed by atoms with Crippen molar-refractivity contribution in [3.8, 4) is 22.4 Å². The van der Waals surface area contributed by atoms with E-state index in [4.69, 9.17) is 0 Å². The molecule has 0 aliphatic heterocycles. The fourth-order valence-electron chi connectivity index (χ4n) is 3.62. The summed E-state index contributed by atoms with van der Waals surface area (Å²) in [6.07, 6.45) is 5.26. The molecule has 5 aromatic rings. The number of aromatic amines is 1. The van der Waals surface area contributed by atoms with Crippen molar-refractivity contribution in [2.45, 2.75) is 0 Å². The fraction of sp³-hybridized carbons (Fsp3) is 0.0952. The number of H-pyrrole nitrogens is 1. The minimum atomic E-state index is -0.0263. The van der Waals surface area contributed by atoms with Gasteiger partial charge >= 0.3 is 0 Å². The van der Waals surface area contributed by atoms with Crippen LogP contribution in [0.3, 0.4) is 0 Å². The van der Waals surface area contributed by atoms with Crippen LogP contribution in [-0.2, 0) is 14.1 Å². The van der Waals surface area contributed by atoms with Crippen molar-refractivity contribution in [1.29, 1.82) is 0 Å². The Morgan fingerprint density at radius 3 is 2.48 bits per heavy atom. The third-order valence-electron chi connectivity index (χ3n) is 5.10. The smallest absolute Gasteiger partial charge is 0.274 e. The molecule has 0 aliphatic carbocycles. The Labute approximate surface area is 154 Å². The van der Waals surface area contributed by atoms with E-state index in [0.29, 0.717) is 5.56 Å². The molecular weight excluding hydrogens is 338 g/mol. The molecule has 3 heterocycles. The van der Waals surface area contributed by atoms with E-state index < -0.39 is 0 Å². The summed E-state index contributed by atoms with van der Waals surface area (Å²) >= 11 is 0. The number of nitrogens with one attached hydrogen (secondary N) is 1. The molecule has 0 bridgehead atoms. The molecule has 0 spiro atoms. The van der Waals surface area contributed by atoms with Crippen molar-refractivity contribution in [3.05, 3.63) is 71.4 Å². The molecular formula is C21H17N5O. The summed E-state index contributed by atoms with van der Waals surface area (Å²) in [5.74, 6) is 0. The highest BCUT2D eigenvalue weighted by Gasteiger charge is 2.20. The first-order valence-corrected chi connectivity index (χ1v) is 8.68. The second-order valence-electron chi connectivity index (χ2n) is 6.62. The largest absolute Gasteiger partial charge is 0.361 e. The van der Waals surface area contributed by atoms with E-state index in [-0.39, 0.29) is 5.56 Å². The zero-order valence-corrected chi connectivity index (χ0v) is 15.0. The predicted octanol–water partition coefficient (Wildman–Crippen LogP) is 3.48. The molecule has 0 amide bonds. The maximum Gasteiger partial charge on any atom is 0.274 e. The summed E-state index contributed by atoms with van der Waals surface area (Å²) in [4.78, 5) is 25.0. The number of fused-ring (bicyclic) bond motifs is 2. The van der Waals surface area contributed by atoms with Crippen molar-refractivity contribution in [2.24, 2.45) is 14.1 Å². The van der Waals surface area contributed by atoms with Crippen LogP contribution >= 0.6 is 0 Å². The zero-order valence-electron chi connectivity index (χ0n) is 15.0. The van der Waals surface area contributed by atoms with Gasteiger partial charge in [-0.2, -0.15) is 0 Å². The SMILES string of the molecule is Cn1c(-c2ccc3nccnc3c2)c(-c2ccc3[nH]ccc3c2)c(=O)n1C. The fourth-order valence-corrected chi connectivity index (χ4v) is 3.62. The lowest BCUT2D eigenvalue weighted by Gasteiger charge is -2.09. The molecule has 6 heteroatoms. The van der Waals surface area contributed by atoms with Gasteiger partial charge in [-0.3, -0.25) is 24.1 Å². The highest BCUT2D eigenvalue weighted by atomic mass is 16.1. The van der Waals surface area contributed by atoms with Gasteiger partial charge in [-0.25, -0.2) is 0 Å². The quantitative estimate of drug-likeness (QED) is 0.527. The normalized spacial score (nSPS) is 11.5. The number of hydrogen-bond acceptors (Lipinski definition) is 3. The molecule has 0 unspecified atom stereocenters. The zero-order chi connectivity index (χ0) is 18.5. The van der Waals surface area contributed by atoms with Crippen LogP contribution in [0.25, 0.3) is 44.3 Å². The number of aromatic nitrogens is 5. The van der Waals surface area contributed by atoms with Crippen molar-refractivity contribution in [3.63, 3.8) is 0 Å². The number of nitrogens with zero attached hydrogens (tertiary/aromatic N) is 4. The second kappa shape index (κ2) is 5.67. The van der Waals surface area contributed by atoms with Crippen LogP contribution in [0.5, 0.6) is 0 Å². The van der Waals surface area contributed by atoms with Crippen LogP contribution in [0.15, 0.2) is 65.8 Å². The Kier molecular flexibility index (Phi) is 3.27. The molecule has 27 heavy (non-hydrogen) atoms. The summed E-state index contributed by atoms with van der Waals surface area (Å²) in [6.45, 7) is 0. The van der Waals surface area contributed by atoms with Gasteiger partial charge in [0.05, 0.1) is 22.3 Å². The maximum absolute atomic E-state index is 13.0. The third-order valence-corrected chi connectivity index (χ3v) is 5.10. The van der Waals surface area contributed by atoms with E-state index in [9.17, 15) is 4.79 Å². The lowest BCUT2D eigenvalue weighted by molar-refractivity contribution is 0.584. The molecule has 5 rings (SSSR count). The first-order chi connectivity index (χ1) is 13.1. The van der Waals surface area contributed by atoms with Crippen LogP contribution in [0.4, 0.5) is 0 Å². The molecule has 0 aliphatic rings. The lowest BCUT2D eigenvalue weighted by atomic mass is 10.00. The van der Waals surface area contributed by atoms with Gasteiger partial charge < -0.3 is 4.98 Å². The third kappa shape index (κ3) is 2.30. The first kappa shape index (κ1) is 15.6. The van der Waals surface area contributed by atoms with Crippen molar-refractivity contribution in [2.75, 3.05) is 0 Å². The van der Waals surface area contributed by atoms with Crippen LogP contribution < -0.4 is 5.56 Å².